The third kappa shape index (κ3) is 5.77. The Morgan fingerprint density at radius 2 is 1.73 bits per heavy atom. The molecule has 37 heavy (non-hydrogen) atoms. The molecule has 1 aliphatic carbocycles. The number of ether oxygens (including phenoxy) is 3. The van der Waals surface area contributed by atoms with Crippen molar-refractivity contribution in [2.24, 2.45) is 0 Å². The summed E-state index contributed by atoms with van der Waals surface area (Å²) in [5.41, 5.74) is 0.254. The SMILES string of the molecule is CC(C)(C)Oc1ccc2c(Oc3c(F)cc(NC(=O)c4cnccc4OC4CC4)cc3F)ccnc2c1. The summed E-state index contributed by atoms with van der Waals surface area (Å²) in [5, 5.41) is 3.06. The van der Waals surface area contributed by atoms with E-state index in [2.05, 4.69) is 15.3 Å². The van der Waals surface area contributed by atoms with E-state index in [0.29, 0.717) is 22.4 Å². The molecule has 5 rings (SSSR count). The highest BCUT2D eigenvalue weighted by molar-refractivity contribution is 6.06. The number of hydrogen-bond acceptors (Lipinski definition) is 6. The lowest BCUT2D eigenvalue weighted by molar-refractivity contribution is 0.102. The van der Waals surface area contributed by atoms with Crippen LogP contribution in [-0.2, 0) is 0 Å². The molecule has 0 radical (unpaired) electrons. The van der Waals surface area contributed by atoms with Crippen molar-refractivity contribution >= 4 is 22.5 Å². The number of hydrogen-bond donors (Lipinski definition) is 1. The predicted octanol–water partition coefficient (Wildman–Crippen LogP) is 6.67. The van der Waals surface area contributed by atoms with E-state index in [1.165, 1.54) is 24.7 Å². The van der Waals surface area contributed by atoms with Gasteiger partial charge in [-0.1, -0.05) is 0 Å². The number of halogens is 2. The number of pyridine rings is 2. The summed E-state index contributed by atoms with van der Waals surface area (Å²) >= 11 is 0. The summed E-state index contributed by atoms with van der Waals surface area (Å²) in [6.07, 6.45) is 6.25. The summed E-state index contributed by atoms with van der Waals surface area (Å²) < 4.78 is 47.2. The highest BCUT2D eigenvalue weighted by Gasteiger charge is 2.26. The number of fused-ring (bicyclic) bond motifs is 1. The zero-order valence-electron chi connectivity index (χ0n) is 20.5. The van der Waals surface area contributed by atoms with Crippen LogP contribution in [0, 0.1) is 11.6 Å². The molecule has 1 aliphatic rings. The lowest BCUT2D eigenvalue weighted by Gasteiger charge is -2.21. The number of benzene rings is 2. The fourth-order valence-electron chi connectivity index (χ4n) is 3.67. The lowest BCUT2D eigenvalue weighted by atomic mass is 10.1. The number of rotatable bonds is 7. The normalized spacial score (nSPS) is 13.3. The minimum atomic E-state index is -0.978. The smallest absolute Gasteiger partial charge is 0.261 e. The van der Waals surface area contributed by atoms with Gasteiger partial charge in [0.25, 0.3) is 5.91 Å². The molecular weight excluding hydrogens is 480 g/mol. The van der Waals surface area contributed by atoms with Gasteiger partial charge in [0.15, 0.2) is 17.4 Å². The zero-order valence-corrected chi connectivity index (χ0v) is 20.5. The van der Waals surface area contributed by atoms with Crippen LogP contribution < -0.4 is 19.5 Å². The molecule has 190 valence electrons. The number of nitrogens with one attached hydrogen (secondary N) is 1. The van der Waals surface area contributed by atoms with Crippen molar-refractivity contribution in [1.29, 1.82) is 0 Å². The van der Waals surface area contributed by atoms with Gasteiger partial charge in [-0.2, -0.15) is 0 Å². The Kier molecular flexibility index (Phi) is 6.37. The van der Waals surface area contributed by atoms with E-state index in [-0.39, 0.29) is 23.1 Å². The molecule has 0 saturated heterocycles. The van der Waals surface area contributed by atoms with E-state index in [1.807, 2.05) is 20.8 Å². The van der Waals surface area contributed by atoms with Crippen molar-refractivity contribution in [3.05, 3.63) is 78.3 Å². The standard InChI is InChI=1S/C28H25F2N3O4/c1-28(2,3)37-18-6-7-19-23(14-18)32-11-9-24(19)36-26-21(29)12-16(13-22(26)30)33-27(34)20-15-31-10-8-25(20)35-17-4-5-17/h6-15,17H,4-5H2,1-3H3,(H,33,34). The number of anilines is 1. The predicted molar refractivity (Wildman–Crippen MR) is 134 cm³/mol. The van der Waals surface area contributed by atoms with Gasteiger partial charge in [0.1, 0.15) is 22.8 Å². The van der Waals surface area contributed by atoms with Crippen LogP contribution in [0.25, 0.3) is 10.9 Å². The van der Waals surface area contributed by atoms with Crippen molar-refractivity contribution in [2.45, 2.75) is 45.3 Å². The van der Waals surface area contributed by atoms with Gasteiger partial charge >= 0.3 is 0 Å². The molecule has 0 spiro atoms. The summed E-state index contributed by atoms with van der Waals surface area (Å²) in [4.78, 5) is 21.0. The molecule has 1 saturated carbocycles. The molecule has 4 aromatic rings. The number of nitrogens with zero attached hydrogens (tertiary/aromatic N) is 2. The molecule has 9 heteroatoms. The molecule has 1 amide bonds. The molecule has 2 heterocycles. The van der Waals surface area contributed by atoms with Gasteiger partial charge in [-0.05, 0) is 57.9 Å². The van der Waals surface area contributed by atoms with Crippen molar-refractivity contribution in [2.75, 3.05) is 5.32 Å². The Bertz CT molecular complexity index is 1460. The van der Waals surface area contributed by atoms with Crippen LogP contribution in [0.15, 0.2) is 61.1 Å². The van der Waals surface area contributed by atoms with Gasteiger partial charge in [-0.3, -0.25) is 14.8 Å². The van der Waals surface area contributed by atoms with Gasteiger partial charge in [-0.25, -0.2) is 8.78 Å². The van der Waals surface area contributed by atoms with Crippen LogP contribution in [0.3, 0.4) is 0 Å². The van der Waals surface area contributed by atoms with Crippen molar-refractivity contribution in [3.8, 4) is 23.0 Å². The first kappa shape index (κ1) is 24.4. The monoisotopic (exact) mass is 505 g/mol. The molecule has 0 atom stereocenters. The van der Waals surface area contributed by atoms with Crippen LogP contribution in [-0.4, -0.2) is 27.6 Å². The molecular formula is C28H25F2N3O4. The second-order valence-electron chi connectivity index (χ2n) is 9.72. The van der Waals surface area contributed by atoms with E-state index in [1.54, 1.807) is 24.3 Å². The molecule has 0 aliphatic heterocycles. The van der Waals surface area contributed by atoms with Crippen LogP contribution >= 0.6 is 0 Å². The van der Waals surface area contributed by atoms with Crippen molar-refractivity contribution in [3.63, 3.8) is 0 Å². The Morgan fingerprint density at radius 1 is 1.00 bits per heavy atom. The average molecular weight is 506 g/mol. The van der Waals surface area contributed by atoms with Gasteiger partial charge in [0, 0.05) is 47.9 Å². The molecule has 2 aromatic heterocycles. The first-order valence-corrected chi connectivity index (χ1v) is 11.8. The molecule has 0 unspecified atom stereocenters. The number of carbonyl (C=O) groups is 1. The van der Waals surface area contributed by atoms with E-state index in [0.717, 1.165) is 25.0 Å². The minimum Gasteiger partial charge on any atom is -0.489 e. The highest BCUT2D eigenvalue weighted by atomic mass is 19.1. The maximum atomic E-state index is 15.0. The van der Waals surface area contributed by atoms with Gasteiger partial charge in [0.05, 0.1) is 17.2 Å². The minimum absolute atomic E-state index is 0.0714. The summed E-state index contributed by atoms with van der Waals surface area (Å²) in [6, 6.07) is 10.3. The third-order valence-electron chi connectivity index (χ3n) is 5.41. The average Bonchev–Trinajstić information content (AvgIpc) is 3.64. The Labute approximate surface area is 212 Å². The van der Waals surface area contributed by atoms with Gasteiger partial charge in [0.2, 0.25) is 0 Å². The van der Waals surface area contributed by atoms with Crippen molar-refractivity contribution < 1.29 is 27.8 Å². The Hall–Kier alpha value is -4.27. The number of amides is 1. The van der Waals surface area contributed by atoms with Gasteiger partial charge < -0.3 is 19.5 Å². The maximum Gasteiger partial charge on any atom is 0.261 e. The Balaban J connectivity index is 1.37. The van der Waals surface area contributed by atoms with Gasteiger partial charge in [-0.15, -0.1) is 0 Å². The summed E-state index contributed by atoms with van der Waals surface area (Å²) in [5.74, 6) is -1.94. The zero-order chi connectivity index (χ0) is 26.2. The van der Waals surface area contributed by atoms with E-state index in [9.17, 15) is 13.6 Å². The van der Waals surface area contributed by atoms with Crippen molar-refractivity contribution in [1.82, 2.24) is 9.97 Å². The molecule has 2 aromatic carbocycles. The van der Waals surface area contributed by atoms with Crippen LogP contribution in [0.1, 0.15) is 44.0 Å². The summed E-state index contributed by atoms with van der Waals surface area (Å²) in [7, 11) is 0. The van der Waals surface area contributed by atoms with Crippen LogP contribution in [0.4, 0.5) is 14.5 Å². The second kappa shape index (κ2) is 9.65. The topological polar surface area (TPSA) is 82.6 Å². The fourth-order valence-corrected chi connectivity index (χ4v) is 3.67. The molecule has 7 nitrogen and oxygen atoms in total. The molecule has 1 N–H and O–H groups in total. The highest BCUT2D eigenvalue weighted by Crippen LogP contribution is 2.35. The van der Waals surface area contributed by atoms with E-state index >= 15 is 0 Å². The van der Waals surface area contributed by atoms with Crippen LogP contribution in [0.2, 0.25) is 0 Å². The maximum absolute atomic E-state index is 15.0. The van der Waals surface area contributed by atoms with E-state index in [4.69, 9.17) is 14.2 Å². The quantitative estimate of drug-likeness (QED) is 0.302. The number of aromatic nitrogens is 2. The molecule has 1 fully saturated rings. The number of carbonyl (C=O) groups excluding carboxylic acids is 1. The lowest BCUT2D eigenvalue weighted by Crippen LogP contribution is -2.22. The largest absolute Gasteiger partial charge is 0.489 e. The fraction of sp³-hybridized carbons (Fsp3) is 0.250. The Morgan fingerprint density at radius 3 is 2.43 bits per heavy atom. The summed E-state index contributed by atoms with van der Waals surface area (Å²) in [6.45, 7) is 5.79. The molecule has 0 bridgehead atoms. The first-order valence-electron chi connectivity index (χ1n) is 11.8. The first-order chi connectivity index (χ1) is 17.7. The van der Waals surface area contributed by atoms with E-state index < -0.39 is 28.9 Å². The third-order valence-corrected chi connectivity index (χ3v) is 5.41. The second-order valence-corrected chi connectivity index (χ2v) is 9.72. The van der Waals surface area contributed by atoms with Crippen LogP contribution in [0.5, 0.6) is 23.0 Å².